The lowest BCUT2D eigenvalue weighted by Crippen LogP contribution is -2.47. The van der Waals surface area contributed by atoms with Crippen LogP contribution >= 0.6 is 0 Å². The maximum absolute atomic E-state index is 13.6. The van der Waals surface area contributed by atoms with Gasteiger partial charge >= 0.3 is 12.2 Å². The Bertz CT molecular complexity index is 1300. The van der Waals surface area contributed by atoms with Crippen LogP contribution in [0.4, 0.5) is 18.0 Å². The second-order valence-electron chi connectivity index (χ2n) is 8.82. The van der Waals surface area contributed by atoms with Crippen LogP contribution in [-0.2, 0) is 17.5 Å². The molecule has 2 heterocycles. The Hall–Kier alpha value is -3.89. The van der Waals surface area contributed by atoms with Crippen molar-refractivity contribution in [3.63, 3.8) is 0 Å². The summed E-state index contributed by atoms with van der Waals surface area (Å²) in [7, 11) is 0. The number of imide groups is 1. The smallest absolute Gasteiger partial charge is 0.349 e. The summed E-state index contributed by atoms with van der Waals surface area (Å²) in [6.07, 6.45) is -2.41. The number of halogens is 3. The number of amides is 4. The molecule has 11 heteroatoms. The molecule has 1 saturated heterocycles. The lowest BCUT2D eigenvalue weighted by molar-refractivity contribution is -0.146. The lowest BCUT2D eigenvalue weighted by Gasteiger charge is -2.24. The van der Waals surface area contributed by atoms with Crippen molar-refractivity contribution in [2.45, 2.75) is 44.1 Å². The van der Waals surface area contributed by atoms with Crippen LogP contribution in [0.5, 0.6) is 0 Å². The summed E-state index contributed by atoms with van der Waals surface area (Å²) in [5.74, 6) is -1.92. The number of rotatable bonds is 5. The summed E-state index contributed by atoms with van der Waals surface area (Å²) in [5, 5.41) is 7.77. The zero-order chi connectivity index (χ0) is 24.7. The van der Waals surface area contributed by atoms with E-state index in [2.05, 4.69) is 20.9 Å². The van der Waals surface area contributed by atoms with Gasteiger partial charge < -0.3 is 15.2 Å². The predicted octanol–water partition coefficient (Wildman–Crippen LogP) is 3.21. The summed E-state index contributed by atoms with van der Waals surface area (Å²) in [5.41, 5.74) is 1.57. The average Bonchev–Trinajstić information content (AvgIpc) is 3.51. The van der Waals surface area contributed by atoms with E-state index in [-0.39, 0.29) is 29.9 Å². The zero-order valence-electron chi connectivity index (χ0n) is 18.4. The van der Waals surface area contributed by atoms with Gasteiger partial charge in [0.25, 0.3) is 11.8 Å². The maximum Gasteiger partial charge on any atom is 0.449 e. The van der Waals surface area contributed by atoms with Crippen molar-refractivity contribution in [2.75, 3.05) is 0 Å². The quantitative estimate of drug-likeness (QED) is 0.483. The number of aromatic nitrogens is 2. The lowest BCUT2D eigenvalue weighted by atomic mass is 9.94. The first-order valence-corrected chi connectivity index (χ1v) is 11.2. The molecule has 1 aliphatic carbocycles. The maximum atomic E-state index is 13.6. The zero-order valence-corrected chi connectivity index (χ0v) is 18.4. The molecule has 3 aromatic rings. The van der Waals surface area contributed by atoms with Crippen LogP contribution in [0, 0.1) is 5.92 Å². The van der Waals surface area contributed by atoms with Crippen molar-refractivity contribution in [3.05, 3.63) is 65.5 Å². The van der Waals surface area contributed by atoms with Crippen LogP contribution in [0.15, 0.2) is 48.5 Å². The minimum atomic E-state index is -4.60. The Balaban J connectivity index is 1.30. The summed E-state index contributed by atoms with van der Waals surface area (Å²) in [6.45, 7) is -0.0571. The number of carbonyl (C=O) groups excluding carboxylic acids is 3. The SMILES string of the molecule is O=C1NC(=O)C(C2CCCC2NC(=O)c2ccc(Cn3c(C(F)(F)F)nc4ccccc43)cc2)N1. The normalized spacial score (nSPS) is 22.3. The van der Waals surface area contributed by atoms with Crippen molar-refractivity contribution in [1.82, 2.24) is 25.5 Å². The number of nitrogens with one attached hydrogen (secondary N) is 3. The van der Waals surface area contributed by atoms with Crippen LogP contribution in [0.25, 0.3) is 11.0 Å². The Morgan fingerprint density at radius 2 is 1.83 bits per heavy atom. The summed E-state index contributed by atoms with van der Waals surface area (Å²) in [6, 6.07) is 11.3. The molecule has 4 amide bonds. The van der Waals surface area contributed by atoms with Gasteiger partial charge in [-0.1, -0.05) is 30.7 Å². The van der Waals surface area contributed by atoms with Gasteiger partial charge in [-0.3, -0.25) is 14.9 Å². The van der Waals surface area contributed by atoms with Crippen LogP contribution in [-0.4, -0.2) is 39.5 Å². The molecule has 3 unspecified atom stereocenters. The van der Waals surface area contributed by atoms with Gasteiger partial charge in [-0.2, -0.15) is 13.2 Å². The van der Waals surface area contributed by atoms with E-state index in [0.29, 0.717) is 29.5 Å². The van der Waals surface area contributed by atoms with E-state index in [1.54, 1.807) is 42.5 Å². The molecule has 1 aliphatic heterocycles. The molecule has 5 rings (SSSR count). The standard InChI is InChI=1S/C24H22F3N5O3/c25-24(26,27)22-29-17-5-1-2-7-18(17)32(22)12-13-8-10-14(11-9-13)20(33)28-16-6-3-4-15(16)19-21(34)31-23(35)30-19/h1-2,5,7-11,15-16,19H,3-4,6,12H2,(H,28,33)(H2,30,31,34,35). The largest absolute Gasteiger partial charge is 0.449 e. The molecule has 2 aromatic carbocycles. The molecule has 2 fully saturated rings. The summed E-state index contributed by atoms with van der Waals surface area (Å²) in [4.78, 5) is 40.1. The number of para-hydroxylation sites is 2. The highest BCUT2D eigenvalue weighted by Gasteiger charge is 2.43. The molecular formula is C24H22F3N5O3. The molecule has 0 bridgehead atoms. The third kappa shape index (κ3) is 4.45. The van der Waals surface area contributed by atoms with Gasteiger partial charge in [0.1, 0.15) is 6.04 Å². The Morgan fingerprint density at radius 1 is 1.09 bits per heavy atom. The molecular weight excluding hydrogens is 463 g/mol. The molecule has 3 atom stereocenters. The third-order valence-electron chi connectivity index (χ3n) is 6.58. The highest BCUT2D eigenvalue weighted by molar-refractivity contribution is 6.04. The molecule has 2 aliphatic rings. The first kappa shape index (κ1) is 22.9. The monoisotopic (exact) mass is 485 g/mol. The van der Waals surface area contributed by atoms with Gasteiger partial charge in [-0.15, -0.1) is 0 Å². The molecule has 1 aromatic heterocycles. The second kappa shape index (κ2) is 8.71. The van der Waals surface area contributed by atoms with E-state index < -0.39 is 30.0 Å². The Morgan fingerprint density at radius 3 is 2.51 bits per heavy atom. The fourth-order valence-corrected chi connectivity index (χ4v) is 4.95. The van der Waals surface area contributed by atoms with E-state index in [1.165, 1.54) is 6.07 Å². The number of alkyl halides is 3. The fourth-order valence-electron chi connectivity index (χ4n) is 4.95. The van der Waals surface area contributed by atoms with E-state index >= 15 is 0 Å². The number of carbonyl (C=O) groups is 3. The highest BCUT2D eigenvalue weighted by atomic mass is 19.4. The molecule has 35 heavy (non-hydrogen) atoms. The van der Waals surface area contributed by atoms with E-state index in [9.17, 15) is 27.6 Å². The molecule has 182 valence electrons. The second-order valence-corrected chi connectivity index (χ2v) is 8.82. The number of nitrogens with zero attached hydrogens (tertiary/aromatic N) is 2. The Kier molecular flexibility index (Phi) is 5.70. The van der Waals surface area contributed by atoms with Crippen LogP contribution in [0.3, 0.4) is 0 Å². The molecule has 3 N–H and O–H groups in total. The number of fused-ring (bicyclic) bond motifs is 1. The third-order valence-corrected chi connectivity index (χ3v) is 6.58. The van der Waals surface area contributed by atoms with E-state index in [0.717, 1.165) is 11.0 Å². The van der Waals surface area contributed by atoms with Crippen molar-refractivity contribution < 1.29 is 27.6 Å². The number of benzene rings is 2. The van der Waals surface area contributed by atoms with Crippen molar-refractivity contribution in [1.29, 1.82) is 0 Å². The van der Waals surface area contributed by atoms with Gasteiger partial charge in [0.15, 0.2) is 0 Å². The molecule has 8 nitrogen and oxygen atoms in total. The molecule has 0 radical (unpaired) electrons. The summed E-state index contributed by atoms with van der Waals surface area (Å²) < 4.78 is 41.8. The van der Waals surface area contributed by atoms with Crippen molar-refractivity contribution in [2.24, 2.45) is 5.92 Å². The van der Waals surface area contributed by atoms with E-state index in [1.807, 2.05) is 0 Å². The van der Waals surface area contributed by atoms with Gasteiger partial charge in [-0.05, 0) is 42.7 Å². The van der Waals surface area contributed by atoms with Crippen LogP contribution in [0.2, 0.25) is 0 Å². The number of hydrogen-bond donors (Lipinski definition) is 3. The van der Waals surface area contributed by atoms with Gasteiger partial charge in [0, 0.05) is 24.1 Å². The van der Waals surface area contributed by atoms with Crippen LogP contribution < -0.4 is 16.0 Å². The minimum Gasteiger partial charge on any atom is -0.349 e. The average molecular weight is 485 g/mol. The topological polar surface area (TPSA) is 105 Å². The molecule has 0 spiro atoms. The fraction of sp³-hybridized carbons (Fsp3) is 0.333. The predicted molar refractivity (Wildman–Crippen MR) is 119 cm³/mol. The van der Waals surface area contributed by atoms with Crippen molar-refractivity contribution >= 4 is 28.9 Å². The highest BCUT2D eigenvalue weighted by Crippen LogP contribution is 2.32. The van der Waals surface area contributed by atoms with Crippen LogP contribution in [0.1, 0.15) is 41.0 Å². The Labute approximate surface area is 197 Å². The number of urea groups is 1. The number of imidazole rings is 1. The van der Waals surface area contributed by atoms with Gasteiger partial charge in [-0.25, -0.2) is 9.78 Å². The summed E-state index contributed by atoms with van der Waals surface area (Å²) >= 11 is 0. The first-order chi connectivity index (χ1) is 16.7. The van der Waals surface area contributed by atoms with Gasteiger partial charge in [0.05, 0.1) is 11.0 Å². The molecule has 1 saturated carbocycles. The minimum absolute atomic E-state index is 0.0571. The number of hydrogen-bond acceptors (Lipinski definition) is 4. The van der Waals surface area contributed by atoms with Crippen molar-refractivity contribution in [3.8, 4) is 0 Å². The van der Waals surface area contributed by atoms with E-state index in [4.69, 9.17) is 0 Å². The first-order valence-electron chi connectivity index (χ1n) is 11.2. The van der Waals surface area contributed by atoms with Gasteiger partial charge in [0.2, 0.25) is 5.82 Å².